The number of rotatable bonds is 1. The van der Waals surface area contributed by atoms with Crippen LogP contribution in [0.15, 0.2) is 22.4 Å². The van der Waals surface area contributed by atoms with Crippen LogP contribution in [0.3, 0.4) is 0 Å². The lowest BCUT2D eigenvalue weighted by Crippen LogP contribution is -1.76. The van der Waals surface area contributed by atoms with Crippen LogP contribution in [0.4, 0.5) is 0 Å². The minimum atomic E-state index is 0.750. The van der Waals surface area contributed by atoms with Crippen molar-refractivity contribution in [3.8, 4) is 6.07 Å². The van der Waals surface area contributed by atoms with Gasteiger partial charge in [-0.05, 0) is 42.3 Å². The highest BCUT2D eigenvalue weighted by Gasteiger charge is 2.05. The van der Waals surface area contributed by atoms with Crippen molar-refractivity contribution in [2.45, 2.75) is 11.1 Å². The van der Waals surface area contributed by atoms with Crippen molar-refractivity contribution >= 4 is 33.2 Å². The molecule has 0 spiro atoms. The van der Waals surface area contributed by atoms with Crippen molar-refractivity contribution in [2.75, 3.05) is 6.26 Å². The van der Waals surface area contributed by atoms with E-state index in [4.69, 9.17) is 5.26 Å². The van der Waals surface area contributed by atoms with Gasteiger partial charge in [-0.25, -0.2) is 0 Å². The number of thioether (sulfide) groups is 1. The molecular weight excluding hydrogens is 210 g/mol. The van der Waals surface area contributed by atoms with Gasteiger partial charge in [0.2, 0.25) is 0 Å². The van der Waals surface area contributed by atoms with Gasteiger partial charge in [0.25, 0.3) is 0 Å². The summed E-state index contributed by atoms with van der Waals surface area (Å²) in [6.07, 6.45) is 2.07. The molecule has 1 heterocycles. The summed E-state index contributed by atoms with van der Waals surface area (Å²) in [6, 6.07) is 8.24. The van der Waals surface area contributed by atoms with Gasteiger partial charge in [-0.1, -0.05) is 0 Å². The highest BCUT2D eigenvalue weighted by molar-refractivity contribution is 8.00. The number of fused-ring (bicyclic) bond motifs is 1. The molecular formula is C11H9NS2. The second-order valence-electron chi connectivity index (χ2n) is 3.09. The van der Waals surface area contributed by atoms with Crippen LogP contribution in [-0.4, -0.2) is 6.26 Å². The second-order valence-corrected chi connectivity index (χ2v) is 5.25. The van der Waals surface area contributed by atoms with Gasteiger partial charge >= 0.3 is 0 Å². The Hall–Kier alpha value is -0.980. The van der Waals surface area contributed by atoms with Crippen molar-refractivity contribution in [1.82, 2.24) is 0 Å². The van der Waals surface area contributed by atoms with Crippen molar-refractivity contribution in [1.29, 1.82) is 5.26 Å². The van der Waals surface area contributed by atoms with Gasteiger partial charge in [0.15, 0.2) is 0 Å². The molecule has 70 valence electrons. The summed E-state index contributed by atoms with van der Waals surface area (Å²) in [4.78, 5) is 0. The Morgan fingerprint density at radius 3 is 2.79 bits per heavy atom. The average molecular weight is 219 g/mol. The van der Waals surface area contributed by atoms with Crippen molar-refractivity contribution < 1.29 is 0 Å². The molecule has 2 rings (SSSR count). The van der Waals surface area contributed by atoms with E-state index in [-0.39, 0.29) is 0 Å². The summed E-state index contributed by atoms with van der Waals surface area (Å²) in [5, 5.41) is 10.0. The summed E-state index contributed by atoms with van der Waals surface area (Å²) >= 11 is 3.55. The van der Waals surface area contributed by atoms with E-state index in [0.717, 1.165) is 5.56 Å². The first-order valence-electron chi connectivity index (χ1n) is 4.23. The third-order valence-electron chi connectivity index (χ3n) is 2.11. The number of nitriles is 1. The van der Waals surface area contributed by atoms with Gasteiger partial charge in [0.1, 0.15) is 0 Å². The Morgan fingerprint density at radius 1 is 1.36 bits per heavy atom. The SMILES string of the molecule is CSc1cc2cc(C#N)cc(C)c2s1. The molecule has 0 N–H and O–H groups in total. The lowest BCUT2D eigenvalue weighted by molar-refractivity contribution is 1.47. The molecule has 1 aromatic carbocycles. The zero-order valence-corrected chi connectivity index (χ0v) is 9.63. The maximum atomic E-state index is 8.83. The van der Waals surface area contributed by atoms with E-state index in [9.17, 15) is 0 Å². The molecule has 0 fully saturated rings. The summed E-state index contributed by atoms with van der Waals surface area (Å²) in [5.41, 5.74) is 1.95. The first-order chi connectivity index (χ1) is 6.74. The van der Waals surface area contributed by atoms with Crippen LogP contribution in [0.5, 0.6) is 0 Å². The Bertz CT molecular complexity index is 520. The number of hydrogen-bond acceptors (Lipinski definition) is 3. The molecule has 0 unspecified atom stereocenters. The lowest BCUT2D eigenvalue weighted by atomic mass is 10.1. The van der Waals surface area contributed by atoms with E-state index in [1.54, 1.807) is 23.1 Å². The largest absolute Gasteiger partial charge is 0.192 e. The van der Waals surface area contributed by atoms with Gasteiger partial charge in [-0.15, -0.1) is 23.1 Å². The zero-order chi connectivity index (χ0) is 10.1. The monoisotopic (exact) mass is 219 g/mol. The summed E-state index contributed by atoms with van der Waals surface area (Å²) in [6.45, 7) is 2.06. The first-order valence-corrected chi connectivity index (χ1v) is 6.27. The maximum absolute atomic E-state index is 8.83. The topological polar surface area (TPSA) is 23.8 Å². The van der Waals surface area contributed by atoms with Crippen LogP contribution in [0.25, 0.3) is 10.1 Å². The molecule has 3 heteroatoms. The van der Waals surface area contributed by atoms with Crippen LogP contribution in [0, 0.1) is 18.3 Å². The molecule has 0 aliphatic rings. The van der Waals surface area contributed by atoms with Crippen molar-refractivity contribution in [3.05, 3.63) is 29.3 Å². The molecule has 0 saturated carbocycles. The predicted octanol–water partition coefficient (Wildman–Crippen LogP) is 3.80. The number of benzene rings is 1. The molecule has 14 heavy (non-hydrogen) atoms. The Morgan fingerprint density at radius 2 is 2.14 bits per heavy atom. The number of thiophene rings is 1. The summed E-state index contributed by atoms with van der Waals surface area (Å²) in [7, 11) is 0. The van der Waals surface area contributed by atoms with Crippen molar-refractivity contribution in [2.24, 2.45) is 0 Å². The number of hydrogen-bond donors (Lipinski definition) is 0. The van der Waals surface area contributed by atoms with E-state index < -0.39 is 0 Å². The minimum Gasteiger partial charge on any atom is -0.192 e. The zero-order valence-electron chi connectivity index (χ0n) is 8.00. The third kappa shape index (κ3) is 1.52. The van der Waals surface area contributed by atoms with Crippen LogP contribution in [0.2, 0.25) is 0 Å². The fourth-order valence-electron chi connectivity index (χ4n) is 1.47. The normalized spacial score (nSPS) is 10.4. The molecule has 2 aromatic rings. The average Bonchev–Trinajstić information content (AvgIpc) is 2.61. The number of aryl methyl sites for hydroxylation is 1. The van der Waals surface area contributed by atoms with E-state index in [2.05, 4.69) is 25.3 Å². The molecule has 0 aliphatic heterocycles. The van der Waals surface area contributed by atoms with Gasteiger partial charge < -0.3 is 0 Å². The Kier molecular flexibility index (Phi) is 2.49. The third-order valence-corrected chi connectivity index (χ3v) is 4.46. The highest BCUT2D eigenvalue weighted by Crippen LogP contribution is 2.34. The number of nitrogens with zero attached hydrogens (tertiary/aromatic N) is 1. The van der Waals surface area contributed by atoms with Crippen LogP contribution >= 0.6 is 23.1 Å². The second kappa shape index (κ2) is 3.64. The summed E-state index contributed by atoms with van der Waals surface area (Å²) in [5.74, 6) is 0. The quantitative estimate of drug-likeness (QED) is 0.681. The van der Waals surface area contributed by atoms with Crippen LogP contribution < -0.4 is 0 Å². The van der Waals surface area contributed by atoms with E-state index >= 15 is 0 Å². The van der Waals surface area contributed by atoms with Crippen LogP contribution in [0.1, 0.15) is 11.1 Å². The lowest BCUT2D eigenvalue weighted by Gasteiger charge is -1.95. The van der Waals surface area contributed by atoms with Gasteiger partial charge in [0, 0.05) is 4.70 Å². The van der Waals surface area contributed by atoms with Gasteiger partial charge in [0.05, 0.1) is 15.8 Å². The summed E-state index contributed by atoms with van der Waals surface area (Å²) < 4.78 is 2.60. The van der Waals surface area contributed by atoms with Gasteiger partial charge in [-0.2, -0.15) is 5.26 Å². The van der Waals surface area contributed by atoms with Gasteiger partial charge in [-0.3, -0.25) is 0 Å². The molecule has 0 atom stereocenters. The smallest absolute Gasteiger partial charge is 0.0991 e. The van der Waals surface area contributed by atoms with E-state index in [1.807, 2.05) is 12.1 Å². The fraction of sp³-hybridized carbons (Fsp3) is 0.182. The predicted molar refractivity (Wildman–Crippen MR) is 63.1 cm³/mol. The maximum Gasteiger partial charge on any atom is 0.0991 e. The van der Waals surface area contributed by atoms with E-state index in [1.165, 1.54) is 19.9 Å². The molecule has 0 amide bonds. The van der Waals surface area contributed by atoms with E-state index in [0.29, 0.717) is 0 Å². The first kappa shape index (κ1) is 9.57. The molecule has 1 aromatic heterocycles. The molecule has 0 radical (unpaired) electrons. The molecule has 0 aliphatic carbocycles. The fourth-order valence-corrected chi connectivity index (χ4v) is 3.14. The van der Waals surface area contributed by atoms with Crippen molar-refractivity contribution in [3.63, 3.8) is 0 Å². The highest BCUT2D eigenvalue weighted by atomic mass is 32.2. The molecule has 0 saturated heterocycles. The van der Waals surface area contributed by atoms with Crippen LogP contribution in [-0.2, 0) is 0 Å². The Labute approximate surface area is 91.4 Å². The Balaban J connectivity index is 2.75. The standard InChI is InChI=1S/C11H9NS2/c1-7-3-8(6-12)4-9-5-10(13-2)14-11(7)9/h3-5H,1-2H3. The molecule has 1 nitrogen and oxygen atoms in total. The minimum absolute atomic E-state index is 0.750. The molecule has 0 bridgehead atoms.